The van der Waals surface area contributed by atoms with Crippen molar-refractivity contribution in [2.24, 2.45) is 17.9 Å². The minimum atomic E-state index is -4.17. The Hall–Kier alpha value is -2.52. The maximum atomic E-state index is 13.1. The fraction of sp³-hybridized carbons (Fsp3) is 0.381. The number of aryl methyl sites for hydroxylation is 1. The molecule has 1 atom stereocenters. The Morgan fingerprint density at radius 1 is 1.17 bits per heavy atom. The molecule has 0 saturated heterocycles. The standard InChI is InChI=1S/C21H17F3N4OS/c1-28-7-13-4-12(6-25-17(13)27-28)14-3-2-11-5-15(30-18(11)26-14)16(29)19-8-20(9-19,10-19)21(22,23)24/h2-7,16,29H,8-10H2,1H3. The van der Waals surface area contributed by atoms with Crippen molar-refractivity contribution < 1.29 is 18.3 Å². The van der Waals surface area contributed by atoms with Crippen LogP contribution >= 0.6 is 11.3 Å². The van der Waals surface area contributed by atoms with Gasteiger partial charge in [-0.15, -0.1) is 11.3 Å². The van der Waals surface area contributed by atoms with Gasteiger partial charge in [0, 0.05) is 46.1 Å². The van der Waals surface area contributed by atoms with Crippen LogP contribution < -0.4 is 0 Å². The van der Waals surface area contributed by atoms with Crippen LogP contribution in [0.15, 0.2) is 36.7 Å². The molecule has 5 nitrogen and oxygen atoms in total. The molecule has 3 aliphatic carbocycles. The normalized spacial score (nSPS) is 26.6. The highest BCUT2D eigenvalue weighted by Gasteiger charge is 2.80. The zero-order valence-corrected chi connectivity index (χ0v) is 16.8. The average Bonchev–Trinajstić information content (AvgIpc) is 3.18. The topological polar surface area (TPSA) is 63.8 Å². The van der Waals surface area contributed by atoms with E-state index in [-0.39, 0.29) is 19.3 Å². The van der Waals surface area contributed by atoms with Gasteiger partial charge in [-0.3, -0.25) is 4.68 Å². The molecule has 4 heterocycles. The Kier molecular flexibility index (Phi) is 3.40. The lowest BCUT2D eigenvalue weighted by Gasteiger charge is -2.71. The van der Waals surface area contributed by atoms with Crippen molar-refractivity contribution in [2.45, 2.75) is 31.5 Å². The third-order valence-electron chi connectivity index (χ3n) is 6.69. The first-order valence-electron chi connectivity index (χ1n) is 9.63. The molecular weight excluding hydrogens is 413 g/mol. The van der Waals surface area contributed by atoms with Crippen molar-refractivity contribution in [2.75, 3.05) is 0 Å². The molecule has 0 aromatic carbocycles. The van der Waals surface area contributed by atoms with Crippen LogP contribution in [-0.2, 0) is 7.05 Å². The summed E-state index contributed by atoms with van der Waals surface area (Å²) in [5, 5.41) is 16.9. The molecule has 3 fully saturated rings. The fourth-order valence-corrected chi connectivity index (χ4v) is 6.32. The molecule has 154 valence electrons. The number of aliphatic hydroxyl groups is 1. The van der Waals surface area contributed by atoms with Crippen molar-refractivity contribution in [1.29, 1.82) is 0 Å². The van der Waals surface area contributed by atoms with Gasteiger partial charge in [-0.2, -0.15) is 18.3 Å². The molecule has 4 aromatic heterocycles. The molecule has 30 heavy (non-hydrogen) atoms. The van der Waals surface area contributed by atoms with Crippen LogP contribution in [0.5, 0.6) is 0 Å². The smallest absolute Gasteiger partial charge is 0.387 e. The number of fused-ring (bicyclic) bond motifs is 2. The second kappa shape index (κ2) is 5.59. The Labute approximate surface area is 173 Å². The predicted octanol–water partition coefficient (Wildman–Crippen LogP) is 5.01. The number of pyridine rings is 2. The summed E-state index contributed by atoms with van der Waals surface area (Å²) in [6, 6.07) is 7.65. The van der Waals surface area contributed by atoms with Crippen LogP contribution in [0.1, 0.15) is 30.2 Å². The molecule has 0 radical (unpaired) electrons. The summed E-state index contributed by atoms with van der Waals surface area (Å²) >= 11 is 1.35. The molecule has 1 N–H and O–H groups in total. The number of alkyl halides is 3. The van der Waals surface area contributed by atoms with E-state index in [1.807, 2.05) is 37.5 Å². The van der Waals surface area contributed by atoms with E-state index >= 15 is 0 Å². The van der Waals surface area contributed by atoms with Gasteiger partial charge in [0.25, 0.3) is 0 Å². The first-order valence-corrected chi connectivity index (χ1v) is 10.4. The Balaban J connectivity index is 1.30. The first kappa shape index (κ1) is 18.3. The number of hydrogen-bond donors (Lipinski definition) is 1. The summed E-state index contributed by atoms with van der Waals surface area (Å²) in [6.45, 7) is 0. The summed E-state index contributed by atoms with van der Waals surface area (Å²) in [7, 11) is 1.84. The SMILES string of the molecule is Cn1cc2cc(-c3ccc4cc(C(O)C56CC(C(F)(F)F)(C5)C6)sc4n3)cnc2n1. The minimum absolute atomic E-state index is 0.0222. The number of halogens is 3. The van der Waals surface area contributed by atoms with Crippen molar-refractivity contribution in [1.82, 2.24) is 19.7 Å². The van der Waals surface area contributed by atoms with Gasteiger partial charge in [-0.05, 0) is 43.5 Å². The minimum Gasteiger partial charge on any atom is -0.387 e. The highest BCUT2D eigenvalue weighted by molar-refractivity contribution is 7.18. The summed E-state index contributed by atoms with van der Waals surface area (Å²) in [5.74, 6) is 0. The Morgan fingerprint density at radius 2 is 1.93 bits per heavy atom. The van der Waals surface area contributed by atoms with Crippen LogP contribution in [0.25, 0.3) is 32.5 Å². The lowest BCUT2D eigenvalue weighted by atomic mass is 9.33. The van der Waals surface area contributed by atoms with Gasteiger partial charge >= 0.3 is 6.18 Å². The third kappa shape index (κ3) is 2.36. The number of aliphatic hydroxyl groups excluding tert-OH is 1. The van der Waals surface area contributed by atoms with E-state index in [1.54, 1.807) is 10.9 Å². The van der Waals surface area contributed by atoms with Gasteiger partial charge in [0.05, 0.1) is 17.2 Å². The predicted molar refractivity (Wildman–Crippen MR) is 107 cm³/mol. The maximum Gasteiger partial charge on any atom is 0.394 e. The van der Waals surface area contributed by atoms with E-state index in [2.05, 4.69) is 10.1 Å². The quantitative estimate of drug-likeness (QED) is 0.496. The van der Waals surface area contributed by atoms with Crippen molar-refractivity contribution in [3.63, 3.8) is 0 Å². The fourth-order valence-electron chi connectivity index (χ4n) is 5.16. The number of rotatable bonds is 3. The second-order valence-electron chi connectivity index (χ2n) is 8.75. The first-order chi connectivity index (χ1) is 14.2. The zero-order valence-electron chi connectivity index (χ0n) is 15.9. The van der Waals surface area contributed by atoms with E-state index in [4.69, 9.17) is 4.98 Å². The maximum absolute atomic E-state index is 13.1. The summed E-state index contributed by atoms with van der Waals surface area (Å²) in [4.78, 5) is 10.5. The lowest BCUT2D eigenvalue weighted by molar-refractivity contribution is -0.382. The molecule has 0 spiro atoms. The monoisotopic (exact) mass is 430 g/mol. The molecule has 1 unspecified atom stereocenters. The van der Waals surface area contributed by atoms with Gasteiger partial charge in [0.15, 0.2) is 5.65 Å². The zero-order chi connectivity index (χ0) is 20.9. The molecular formula is C21H17F3N4OS. The third-order valence-corrected chi connectivity index (χ3v) is 7.79. The van der Waals surface area contributed by atoms with Crippen LogP contribution in [0, 0.1) is 10.8 Å². The van der Waals surface area contributed by atoms with Crippen molar-refractivity contribution >= 4 is 32.6 Å². The molecule has 3 aliphatic rings. The molecule has 9 heteroatoms. The van der Waals surface area contributed by atoms with Crippen molar-refractivity contribution in [3.05, 3.63) is 41.5 Å². The number of aromatic nitrogens is 4. The molecule has 4 aromatic rings. The van der Waals surface area contributed by atoms with Crippen molar-refractivity contribution in [3.8, 4) is 11.3 Å². The molecule has 7 rings (SSSR count). The van der Waals surface area contributed by atoms with Crippen LogP contribution in [0.3, 0.4) is 0 Å². The van der Waals surface area contributed by atoms with Gasteiger partial charge in [0.2, 0.25) is 0 Å². The Morgan fingerprint density at radius 3 is 2.67 bits per heavy atom. The number of nitrogens with zero attached hydrogens (tertiary/aromatic N) is 4. The highest BCUT2D eigenvalue weighted by atomic mass is 32.1. The summed E-state index contributed by atoms with van der Waals surface area (Å²) < 4.78 is 41.1. The molecule has 3 saturated carbocycles. The second-order valence-corrected chi connectivity index (χ2v) is 9.81. The van der Waals surface area contributed by atoms with E-state index in [9.17, 15) is 18.3 Å². The highest BCUT2D eigenvalue weighted by Crippen LogP contribution is 2.81. The number of hydrogen-bond acceptors (Lipinski definition) is 5. The number of thiophene rings is 1. The van der Waals surface area contributed by atoms with Gasteiger partial charge in [-0.25, -0.2) is 9.97 Å². The van der Waals surface area contributed by atoms with E-state index in [0.717, 1.165) is 26.9 Å². The lowest BCUT2D eigenvalue weighted by Crippen LogP contribution is -2.69. The molecule has 0 amide bonds. The van der Waals surface area contributed by atoms with E-state index in [0.29, 0.717) is 10.5 Å². The average molecular weight is 430 g/mol. The van der Waals surface area contributed by atoms with Crippen LogP contribution in [0.2, 0.25) is 0 Å². The molecule has 0 aliphatic heterocycles. The van der Waals surface area contributed by atoms with Gasteiger partial charge in [0.1, 0.15) is 4.83 Å². The van der Waals surface area contributed by atoms with Crippen LogP contribution in [-0.4, -0.2) is 31.0 Å². The van der Waals surface area contributed by atoms with Crippen LogP contribution in [0.4, 0.5) is 13.2 Å². The van der Waals surface area contributed by atoms with E-state index in [1.165, 1.54) is 11.3 Å². The van der Waals surface area contributed by atoms with Gasteiger partial charge in [-0.1, -0.05) is 0 Å². The summed E-state index contributed by atoms with van der Waals surface area (Å²) in [5.41, 5.74) is 0.0892. The largest absolute Gasteiger partial charge is 0.394 e. The van der Waals surface area contributed by atoms with Gasteiger partial charge < -0.3 is 5.11 Å². The summed E-state index contributed by atoms with van der Waals surface area (Å²) in [6.07, 6.45) is -1.36. The Bertz CT molecular complexity index is 1310. The van der Waals surface area contributed by atoms with E-state index < -0.39 is 23.1 Å². The molecule has 2 bridgehead atoms.